The minimum absolute atomic E-state index is 0.0277. The Kier molecular flexibility index (Phi) is 4.49. The van der Waals surface area contributed by atoms with Gasteiger partial charge in [0.25, 0.3) is 0 Å². The number of hydrogen-bond acceptors (Lipinski definition) is 5. The van der Waals surface area contributed by atoms with Gasteiger partial charge in [0.2, 0.25) is 0 Å². The third-order valence-corrected chi connectivity index (χ3v) is 5.16. The first-order valence-electron chi connectivity index (χ1n) is 7.72. The highest BCUT2D eigenvalue weighted by Gasteiger charge is 2.13. The van der Waals surface area contributed by atoms with Crippen LogP contribution in [0.2, 0.25) is 0 Å². The molecule has 0 bridgehead atoms. The molecule has 6 heteroatoms. The average Bonchev–Trinajstić information content (AvgIpc) is 3.06. The van der Waals surface area contributed by atoms with Crippen molar-refractivity contribution in [2.45, 2.75) is 26.7 Å². The van der Waals surface area contributed by atoms with Crippen LogP contribution >= 0.6 is 11.3 Å². The summed E-state index contributed by atoms with van der Waals surface area (Å²) in [5.41, 5.74) is 4.81. The van der Waals surface area contributed by atoms with E-state index in [0.29, 0.717) is 6.42 Å². The number of carbonyl (C=O) groups is 1. The van der Waals surface area contributed by atoms with E-state index in [1.54, 1.807) is 11.3 Å². The van der Waals surface area contributed by atoms with Crippen LogP contribution in [0.1, 0.15) is 34.8 Å². The molecule has 0 saturated heterocycles. The maximum atomic E-state index is 10.9. The lowest BCUT2D eigenvalue weighted by atomic mass is 10.1. The zero-order chi connectivity index (χ0) is 17.3. The summed E-state index contributed by atoms with van der Waals surface area (Å²) in [6.45, 7) is 3.95. The van der Waals surface area contributed by atoms with Gasteiger partial charge in [-0.3, -0.25) is 4.68 Å². The number of carboxylic acid groups (broad SMARTS) is 1. The number of aliphatic carboxylic acids is 1. The van der Waals surface area contributed by atoms with E-state index >= 15 is 0 Å². The molecule has 3 aromatic rings. The molecule has 0 aliphatic carbocycles. The largest absolute Gasteiger partial charge is 0.550 e. The van der Waals surface area contributed by atoms with Gasteiger partial charge >= 0.3 is 0 Å². The third-order valence-electron chi connectivity index (χ3n) is 4.05. The maximum Gasteiger partial charge on any atom is 0.120 e. The second-order valence-corrected chi connectivity index (χ2v) is 6.77. The number of nitrogens with zero attached hydrogens (tertiary/aromatic N) is 3. The van der Waals surface area contributed by atoms with Crippen molar-refractivity contribution in [3.05, 3.63) is 46.2 Å². The first-order chi connectivity index (χ1) is 11.5. The van der Waals surface area contributed by atoms with Gasteiger partial charge in [0.15, 0.2) is 0 Å². The Morgan fingerprint density at radius 2 is 2.04 bits per heavy atom. The average molecular weight is 340 g/mol. The molecule has 24 heavy (non-hydrogen) atoms. The molecule has 5 nitrogen and oxygen atoms in total. The van der Waals surface area contributed by atoms with Gasteiger partial charge < -0.3 is 9.90 Å². The van der Waals surface area contributed by atoms with Gasteiger partial charge in [0.05, 0.1) is 15.9 Å². The normalized spacial score (nSPS) is 12.0. The van der Waals surface area contributed by atoms with Crippen LogP contribution in [0.15, 0.2) is 24.3 Å². The van der Waals surface area contributed by atoms with E-state index in [0.717, 1.165) is 37.7 Å². The number of para-hydroxylation sites is 1. The van der Waals surface area contributed by atoms with E-state index < -0.39 is 5.97 Å². The van der Waals surface area contributed by atoms with Crippen LogP contribution in [0.4, 0.5) is 0 Å². The Morgan fingerprint density at radius 1 is 1.29 bits per heavy atom. The minimum atomic E-state index is -1.05. The molecule has 124 valence electrons. The number of carbonyl (C=O) groups excluding carboxylic acids is 1. The van der Waals surface area contributed by atoms with Gasteiger partial charge in [0, 0.05) is 24.3 Å². The Labute approximate surface area is 144 Å². The molecular formula is C18H18N3O2S-. The molecule has 0 aliphatic heterocycles. The standard InChI is InChI=1S/C18H19N3O2S/c1-11-14(12(2)21(3)20-11)10-13(8-9-17(22)23)18-19-15-6-4-5-7-16(15)24-18/h4-7,10H,8-9H2,1-3H3,(H,22,23)/p-1/b13-10+. The van der Waals surface area contributed by atoms with Gasteiger partial charge in [-0.25, -0.2) is 4.98 Å². The molecule has 2 heterocycles. The molecule has 0 saturated carbocycles. The van der Waals surface area contributed by atoms with Gasteiger partial charge in [-0.15, -0.1) is 11.3 Å². The molecule has 0 unspecified atom stereocenters. The van der Waals surface area contributed by atoms with Crippen molar-refractivity contribution < 1.29 is 9.90 Å². The minimum Gasteiger partial charge on any atom is -0.550 e. The summed E-state index contributed by atoms with van der Waals surface area (Å²) in [4.78, 5) is 15.6. The van der Waals surface area contributed by atoms with E-state index in [-0.39, 0.29) is 6.42 Å². The van der Waals surface area contributed by atoms with E-state index in [4.69, 9.17) is 0 Å². The lowest BCUT2D eigenvalue weighted by Crippen LogP contribution is -2.21. The number of allylic oxidation sites excluding steroid dienone is 1. The second-order valence-electron chi connectivity index (χ2n) is 5.74. The van der Waals surface area contributed by atoms with E-state index in [9.17, 15) is 9.90 Å². The molecule has 0 aliphatic rings. The molecule has 0 radical (unpaired) electrons. The zero-order valence-corrected chi connectivity index (χ0v) is 14.7. The number of carboxylic acids is 1. The summed E-state index contributed by atoms with van der Waals surface area (Å²) in [5, 5.41) is 16.2. The molecule has 0 amide bonds. The second kappa shape index (κ2) is 6.57. The van der Waals surface area contributed by atoms with Crippen molar-refractivity contribution in [1.29, 1.82) is 0 Å². The van der Waals surface area contributed by atoms with Crippen LogP contribution in [0.5, 0.6) is 0 Å². The van der Waals surface area contributed by atoms with Gasteiger partial charge in [0.1, 0.15) is 5.01 Å². The van der Waals surface area contributed by atoms with Crippen LogP contribution in [0.25, 0.3) is 21.9 Å². The van der Waals surface area contributed by atoms with Crippen LogP contribution in [-0.4, -0.2) is 20.7 Å². The number of rotatable bonds is 5. The predicted molar refractivity (Wildman–Crippen MR) is 94.4 cm³/mol. The molecule has 0 atom stereocenters. The van der Waals surface area contributed by atoms with Gasteiger partial charge in [-0.2, -0.15) is 5.10 Å². The molecule has 3 rings (SSSR count). The number of fused-ring (bicyclic) bond motifs is 1. The number of hydrogen-bond donors (Lipinski definition) is 0. The Balaban J connectivity index is 2.08. The highest BCUT2D eigenvalue weighted by molar-refractivity contribution is 7.19. The SMILES string of the molecule is Cc1nn(C)c(C)c1/C=C(\CCC(=O)[O-])c1nc2ccccc2s1. The lowest BCUT2D eigenvalue weighted by molar-refractivity contribution is -0.305. The summed E-state index contributed by atoms with van der Waals surface area (Å²) >= 11 is 1.57. The van der Waals surface area contributed by atoms with Crippen molar-refractivity contribution in [2.75, 3.05) is 0 Å². The number of aryl methyl sites for hydroxylation is 2. The summed E-state index contributed by atoms with van der Waals surface area (Å²) in [6.07, 6.45) is 2.37. The van der Waals surface area contributed by atoms with Crippen molar-refractivity contribution in [3.8, 4) is 0 Å². The summed E-state index contributed by atoms with van der Waals surface area (Å²) in [6, 6.07) is 7.91. The lowest BCUT2D eigenvalue weighted by Gasteiger charge is -2.06. The highest BCUT2D eigenvalue weighted by Crippen LogP contribution is 2.31. The van der Waals surface area contributed by atoms with Crippen molar-refractivity contribution >= 4 is 39.2 Å². The molecule has 0 spiro atoms. The Bertz CT molecular complexity index is 904. The fourth-order valence-electron chi connectivity index (χ4n) is 2.66. The quantitative estimate of drug-likeness (QED) is 0.716. The van der Waals surface area contributed by atoms with Crippen molar-refractivity contribution in [2.24, 2.45) is 7.05 Å². The van der Waals surface area contributed by atoms with Gasteiger partial charge in [-0.05, 0) is 50.5 Å². The number of thiazole rings is 1. The summed E-state index contributed by atoms with van der Waals surface area (Å²) < 4.78 is 2.92. The fourth-order valence-corrected chi connectivity index (χ4v) is 3.67. The first-order valence-corrected chi connectivity index (χ1v) is 8.54. The predicted octanol–water partition coefficient (Wildman–Crippen LogP) is 2.72. The summed E-state index contributed by atoms with van der Waals surface area (Å²) in [5.74, 6) is -1.05. The fraction of sp³-hybridized carbons (Fsp3) is 0.278. The van der Waals surface area contributed by atoms with Crippen molar-refractivity contribution in [1.82, 2.24) is 14.8 Å². The van der Waals surface area contributed by atoms with Crippen molar-refractivity contribution in [3.63, 3.8) is 0 Å². The summed E-state index contributed by atoms with van der Waals surface area (Å²) in [7, 11) is 1.90. The maximum absolute atomic E-state index is 10.9. The van der Waals surface area contributed by atoms with Crippen LogP contribution < -0.4 is 5.11 Å². The van der Waals surface area contributed by atoms with Crippen LogP contribution in [0.3, 0.4) is 0 Å². The van der Waals surface area contributed by atoms with E-state index in [1.807, 2.05) is 55.9 Å². The molecular weight excluding hydrogens is 322 g/mol. The topological polar surface area (TPSA) is 70.8 Å². The third kappa shape index (κ3) is 3.23. The number of aromatic nitrogens is 3. The smallest absolute Gasteiger partial charge is 0.120 e. The Morgan fingerprint density at radius 3 is 2.67 bits per heavy atom. The highest BCUT2D eigenvalue weighted by atomic mass is 32.1. The number of benzene rings is 1. The zero-order valence-electron chi connectivity index (χ0n) is 13.9. The first kappa shape index (κ1) is 16.4. The molecule has 2 aromatic heterocycles. The van der Waals surface area contributed by atoms with E-state index in [2.05, 4.69) is 10.1 Å². The molecule has 0 N–H and O–H groups in total. The van der Waals surface area contributed by atoms with E-state index in [1.165, 1.54) is 0 Å². The molecule has 0 fully saturated rings. The Hall–Kier alpha value is -2.47. The monoisotopic (exact) mass is 340 g/mol. The molecule has 1 aromatic carbocycles. The van der Waals surface area contributed by atoms with Gasteiger partial charge in [-0.1, -0.05) is 12.1 Å². The van der Waals surface area contributed by atoms with Crippen LogP contribution in [0, 0.1) is 13.8 Å². The van der Waals surface area contributed by atoms with Crippen LogP contribution in [-0.2, 0) is 11.8 Å².